The molecule has 0 atom stereocenters. The summed E-state index contributed by atoms with van der Waals surface area (Å²) < 4.78 is 69.8. The fraction of sp³-hybridized carbons (Fsp3) is 0.0952. The van der Waals surface area contributed by atoms with Crippen LogP contribution in [0.15, 0.2) is 83.3 Å². The molecule has 1 aromatic carbocycles. The molecule has 0 spiro atoms. The highest BCUT2D eigenvalue weighted by Gasteiger charge is 2.34. The van der Waals surface area contributed by atoms with Crippen molar-refractivity contribution in [1.29, 1.82) is 0 Å². The summed E-state index contributed by atoms with van der Waals surface area (Å²) in [6.07, 6.45) is 2.85. The number of aromatic nitrogens is 3. The summed E-state index contributed by atoms with van der Waals surface area (Å²) in [4.78, 5) is 7.67. The molecule has 8 nitrogen and oxygen atoms in total. The number of para-hydroxylation sites is 1. The van der Waals surface area contributed by atoms with E-state index in [1.165, 1.54) is 24.5 Å². The first kappa shape index (κ1) is 22.3. The second kappa shape index (κ2) is 8.54. The first-order valence-corrected chi connectivity index (χ1v) is 10.8. The minimum Gasteiger partial charge on any atom is -0.404 e. The lowest BCUT2D eigenvalue weighted by molar-refractivity contribution is -0.275. The molecular formula is C21H16F3N5O3S. The van der Waals surface area contributed by atoms with Crippen molar-refractivity contribution in [2.24, 2.45) is 5.10 Å². The standard InChI is InChI=1S/C21H16F3N5O3S/c1-28(33(30,31)19-7-3-2-6-18(19)32-21(22,23)24)27-13-17-12-26-20-9-8-16(14-29(17)20)15-5-4-10-25-11-15/h2-14H,1H3. The monoisotopic (exact) mass is 475 g/mol. The summed E-state index contributed by atoms with van der Waals surface area (Å²) in [7, 11) is -3.32. The van der Waals surface area contributed by atoms with Crippen LogP contribution in [0.1, 0.15) is 5.69 Å². The van der Waals surface area contributed by atoms with E-state index in [0.717, 1.165) is 30.3 Å². The molecule has 12 heteroatoms. The van der Waals surface area contributed by atoms with Gasteiger partial charge in [0.1, 0.15) is 16.3 Å². The van der Waals surface area contributed by atoms with Gasteiger partial charge in [0.05, 0.1) is 18.1 Å². The molecule has 3 heterocycles. The molecule has 0 unspecified atom stereocenters. The van der Waals surface area contributed by atoms with Gasteiger partial charge in [0.25, 0.3) is 10.0 Å². The van der Waals surface area contributed by atoms with E-state index in [1.807, 2.05) is 12.1 Å². The topological polar surface area (TPSA) is 89.2 Å². The van der Waals surface area contributed by atoms with Crippen LogP contribution in [0, 0.1) is 0 Å². The third-order valence-electron chi connectivity index (χ3n) is 4.58. The Morgan fingerprint density at radius 1 is 1.06 bits per heavy atom. The van der Waals surface area contributed by atoms with Gasteiger partial charge < -0.3 is 4.74 Å². The Morgan fingerprint density at radius 2 is 1.85 bits per heavy atom. The van der Waals surface area contributed by atoms with Crippen LogP contribution in [0.4, 0.5) is 13.2 Å². The minimum atomic E-state index is -5.05. The maximum absolute atomic E-state index is 12.8. The van der Waals surface area contributed by atoms with Crippen molar-refractivity contribution in [3.63, 3.8) is 0 Å². The lowest BCUT2D eigenvalue weighted by Crippen LogP contribution is -2.24. The molecule has 0 amide bonds. The number of imidazole rings is 1. The summed E-state index contributed by atoms with van der Waals surface area (Å²) >= 11 is 0. The molecule has 0 saturated heterocycles. The first-order valence-electron chi connectivity index (χ1n) is 9.40. The van der Waals surface area contributed by atoms with Gasteiger partial charge in [-0.25, -0.2) is 4.98 Å². The number of nitrogens with zero attached hydrogens (tertiary/aromatic N) is 5. The normalized spacial score (nSPS) is 12.4. The van der Waals surface area contributed by atoms with Crippen LogP contribution in [0.2, 0.25) is 0 Å². The third-order valence-corrected chi connectivity index (χ3v) is 6.27. The molecule has 0 N–H and O–H groups in total. The number of pyridine rings is 2. The van der Waals surface area contributed by atoms with Crippen molar-refractivity contribution in [3.8, 4) is 16.9 Å². The van der Waals surface area contributed by atoms with E-state index >= 15 is 0 Å². The maximum atomic E-state index is 12.8. The highest BCUT2D eigenvalue weighted by atomic mass is 32.2. The molecule has 0 saturated carbocycles. The Hall–Kier alpha value is -3.93. The van der Waals surface area contributed by atoms with Crippen LogP contribution in [0.25, 0.3) is 16.8 Å². The van der Waals surface area contributed by atoms with Crippen molar-refractivity contribution in [3.05, 3.63) is 79.0 Å². The van der Waals surface area contributed by atoms with E-state index in [4.69, 9.17) is 0 Å². The Bertz CT molecular complexity index is 1420. The van der Waals surface area contributed by atoms with E-state index in [2.05, 4.69) is 19.8 Å². The molecule has 0 aliphatic heterocycles. The van der Waals surface area contributed by atoms with Gasteiger partial charge in [-0.2, -0.15) is 17.9 Å². The van der Waals surface area contributed by atoms with E-state index in [1.54, 1.807) is 35.1 Å². The summed E-state index contributed by atoms with van der Waals surface area (Å²) in [6.45, 7) is 0. The van der Waals surface area contributed by atoms with E-state index < -0.39 is 27.0 Å². The zero-order valence-corrected chi connectivity index (χ0v) is 17.8. The predicted molar refractivity (Wildman–Crippen MR) is 114 cm³/mol. The van der Waals surface area contributed by atoms with Gasteiger partial charge in [0.15, 0.2) is 0 Å². The molecule has 0 bridgehead atoms. The number of ether oxygens (including phenoxy) is 1. The number of fused-ring (bicyclic) bond motifs is 1. The van der Waals surface area contributed by atoms with Crippen molar-refractivity contribution < 1.29 is 26.3 Å². The fourth-order valence-electron chi connectivity index (χ4n) is 3.02. The van der Waals surface area contributed by atoms with Gasteiger partial charge in [-0.15, -0.1) is 13.2 Å². The number of halogens is 3. The van der Waals surface area contributed by atoms with Crippen molar-refractivity contribution in [2.75, 3.05) is 7.05 Å². The summed E-state index contributed by atoms with van der Waals surface area (Å²) in [5.74, 6) is -0.844. The number of sulfonamides is 1. The number of hydrogen-bond acceptors (Lipinski definition) is 6. The molecule has 3 aromatic heterocycles. The van der Waals surface area contributed by atoms with Gasteiger partial charge in [-0.1, -0.05) is 18.2 Å². The number of rotatable bonds is 6. The molecule has 0 radical (unpaired) electrons. The molecule has 0 aliphatic rings. The second-order valence-corrected chi connectivity index (χ2v) is 8.67. The minimum absolute atomic E-state index is 0.456. The molecule has 33 heavy (non-hydrogen) atoms. The third kappa shape index (κ3) is 4.80. The SMILES string of the molecule is CN(N=Cc1cnc2ccc(-c3cccnc3)cn12)S(=O)(=O)c1ccccc1OC(F)(F)F. The largest absolute Gasteiger partial charge is 0.573 e. The Balaban J connectivity index is 1.65. The van der Waals surface area contributed by atoms with Crippen LogP contribution >= 0.6 is 0 Å². The van der Waals surface area contributed by atoms with E-state index in [-0.39, 0.29) is 0 Å². The maximum Gasteiger partial charge on any atom is 0.573 e. The molecule has 0 aliphatic carbocycles. The number of benzene rings is 1. The lowest BCUT2D eigenvalue weighted by Gasteiger charge is -2.17. The van der Waals surface area contributed by atoms with Crippen LogP contribution in [-0.2, 0) is 10.0 Å². The highest BCUT2D eigenvalue weighted by molar-refractivity contribution is 7.89. The highest BCUT2D eigenvalue weighted by Crippen LogP contribution is 2.31. The zero-order valence-electron chi connectivity index (χ0n) is 17.0. The number of hydrazone groups is 1. The van der Waals surface area contributed by atoms with Crippen LogP contribution in [0.3, 0.4) is 0 Å². The van der Waals surface area contributed by atoms with Crippen molar-refractivity contribution in [2.45, 2.75) is 11.3 Å². The summed E-state index contributed by atoms with van der Waals surface area (Å²) in [5, 5.41) is 3.92. The molecular weight excluding hydrogens is 459 g/mol. The van der Waals surface area contributed by atoms with E-state index in [9.17, 15) is 21.6 Å². The smallest absolute Gasteiger partial charge is 0.404 e. The first-order chi connectivity index (χ1) is 15.6. The predicted octanol–water partition coefficient (Wildman–Crippen LogP) is 3.95. The van der Waals surface area contributed by atoms with Gasteiger partial charge in [-0.05, 0) is 30.3 Å². The van der Waals surface area contributed by atoms with Gasteiger partial charge in [0.2, 0.25) is 0 Å². The quantitative estimate of drug-likeness (QED) is 0.311. The molecule has 170 valence electrons. The van der Waals surface area contributed by atoms with Gasteiger partial charge >= 0.3 is 6.36 Å². The van der Waals surface area contributed by atoms with Gasteiger partial charge in [-0.3, -0.25) is 9.38 Å². The van der Waals surface area contributed by atoms with Crippen molar-refractivity contribution >= 4 is 21.9 Å². The average Bonchev–Trinajstić information content (AvgIpc) is 3.19. The number of alkyl halides is 3. The van der Waals surface area contributed by atoms with Gasteiger partial charge in [0, 0.05) is 36.8 Å². The summed E-state index contributed by atoms with van der Waals surface area (Å²) in [5.41, 5.74) is 2.77. The van der Waals surface area contributed by atoms with Crippen molar-refractivity contribution in [1.82, 2.24) is 18.8 Å². The molecule has 4 rings (SSSR count). The fourth-order valence-corrected chi connectivity index (χ4v) is 4.09. The Kier molecular flexibility index (Phi) is 5.77. The second-order valence-electron chi connectivity index (χ2n) is 6.75. The van der Waals surface area contributed by atoms with Crippen LogP contribution in [0.5, 0.6) is 5.75 Å². The van der Waals surface area contributed by atoms with E-state index in [0.29, 0.717) is 15.8 Å². The molecule has 4 aromatic rings. The van der Waals surface area contributed by atoms with Crippen LogP contribution in [-0.4, -0.2) is 46.8 Å². The lowest BCUT2D eigenvalue weighted by atomic mass is 10.1. The zero-order chi connectivity index (χ0) is 23.6. The Labute approximate surface area is 186 Å². The number of hydrogen-bond donors (Lipinski definition) is 0. The average molecular weight is 475 g/mol. The van der Waals surface area contributed by atoms with Crippen LogP contribution < -0.4 is 4.74 Å². The molecule has 0 fully saturated rings. The Morgan fingerprint density at radius 3 is 2.58 bits per heavy atom. The summed E-state index contributed by atoms with van der Waals surface area (Å²) in [6, 6.07) is 11.8.